The maximum absolute atomic E-state index is 11.3. The normalized spacial score (nSPS) is 11.3. The van der Waals surface area contributed by atoms with Crippen molar-refractivity contribution in [1.29, 1.82) is 0 Å². The lowest BCUT2D eigenvalue weighted by atomic mass is 10.4. The molecule has 0 radical (unpaired) electrons. The molecule has 1 aromatic rings. The van der Waals surface area contributed by atoms with E-state index in [-0.39, 0.29) is 5.75 Å². The summed E-state index contributed by atoms with van der Waals surface area (Å²) in [5.41, 5.74) is 0.872. The lowest BCUT2D eigenvalue weighted by molar-refractivity contribution is 0.584. The number of aromatic nitrogens is 1. The fraction of sp³-hybridized carbons (Fsp3) is 0.444. The molecule has 0 bridgehead atoms. The Hall–Kier alpha value is -1.14. The van der Waals surface area contributed by atoms with Crippen LogP contribution in [0, 0.1) is 0 Å². The zero-order valence-electron chi connectivity index (χ0n) is 8.60. The molecule has 1 rings (SSSR count). The Morgan fingerprint density at radius 3 is 2.60 bits per heavy atom. The molecule has 6 heteroatoms. The molecule has 2 N–H and O–H groups in total. The van der Waals surface area contributed by atoms with Gasteiger partial charge in [-0.1, -0.05) is 6.92 Å². The first kappa shape index (κ1) is 11.9. The molecule has 0 amide bonds. The van der Waals surface area contributed by atoms with Crippen LogP contribution < -0.4 is 10.0 Å². The lowest BCUT2D eigenvalue weighted by Gasteiger charge is -2.06. The molecule has 15 heavy (non-hydrogen) atoms. The van der Waals surface area contributed by atoms with E-state index in [9.17, 15) is 8.42 Å². The third-order valence-electron chi connectivity index (χ3n) is 1.74. The zero-order chi connectivity index (χ0) is 11.1. The maximum atomic E-state index is 11.3. The standard InChI is InChI=1S/C9H15N3O2S/c1-2-12-15(13,14)8-7-11-9-3-5-10-6-4-9/h3-6,12H,2,7-8H2,1H3,(H,10,11). The summed E-state index contributed by atoms with van der Waals surface area (Å²) in [6, 6.07) is 3.58. The van der Waals surface area contributed by atoms with Gasteiger partial charge in [-0.3, -0.25) is 4.98 Å². The van der Waals surface area contributed by atoms with Gasteiger partial charge < -0.3 is 5.32 Å². The molecule has 0 aliphatic carbocycles. The van der Waals surface area contributed by atoms with Gasteiger partial charge in [-0.05, 0) is 12.1 Å². The van der Waals surface area contributed by atoms with Crippen LogP contribution in [-0.2, 0) is 10.0 Å². The number of anilines is 1. The van der Waals surface area contributed by atoms with Crippen molar-refractivity contribution in [3.8, 4) is 0 Å². The first-order chi connectivity index (χ1) is 7.14. The minimum atomic E-state index is -3.13. The van der Waals surface area contributed by atoms with Crippen molar-refractivity contribution in [2.24, 2.45) is 0 Å². The molecular weight excluding hydrogens is 214 g/mol. The quantitative estimate of drug-likeness (QED) is 0.742. The maximum Gasteiger partial charge on any atom is 0.213 e. The van der Waals surface area contributed by atoms with E-state index < -0.39 is 10.0 Å². The van der Waals surface area contributed by atoms with E-state index in [0.29, 0.717) is 13.1 Å². The van der Waals surface area contributed by atoms with E-state index in [0.717, 1.165) is 5.69 Å². The van der Waals surface area contributed by atoms with Crippen LogP contribution in [0.1, 0.15) is 6.92 Å². The predicted molar refractivity (Wildman–Crippen MR) is 60.2 cm³/mol. The molecule has 5 nitrogen and oxygen atoms in total. The van der Waals surface area contributed by atoms with Gasteiger partial charge in [0.05, 0.1) is 5.75 Å². The van der Waals surface area contributed by atoms with Crippen LogP contribution in [0.15, 0.2) is 24.5 Å². The molecule has 1 heterocycles. The molecule has 0 aliphatic heterocycles. The number of rotatable bonds is 6. The van der Waals surface area contributed by atoms with Crippen molar-refractivity contribution in [3.63, 3.8) is 0 Å². The second kappa shape index (κ2) is 5.67. The number of pyridine rings is 1. The minimum absolute atomic E-state index is 0.0726. The average Bonchev–Trinajstić information content (AvgIpc) is 2.19. The highest BCUT2D eigenvalue weighted by Crippen LogP contribution is 2.02. The van der Waals surface area contributed by atoms with Gasteiger partial charge in [0.25, 0.3) is 0 Å². The van der Waals surface area contributed by atoms with Gasteiger partial charge in [-0.2, -0.15) is 0 Å². The number of hydrogen-bond donors (Lipinski definition) is 2. The molecule has 0 spiro atoms. The van der Waals surface area contributed by atoms with Crippen LogP contribution in [0.25, 0.3) is 0 Å². The van der Waals surface area contributed by atoms with Gasteiger partial charge >= 0.3 is 0 Å². The third-order valence-corrected chi connectivity index (χ3v) is 3.21. The summed E-state index contributed by atoms with van der Waals surface area (Å²) < 4.78 is 24.9. The summed E-state index contributed by atoms with van der Waals surface area (Å²) in [4.78, 5) is 3.86. The van der Waals surface area contributed by atoms with Crippen molar-refractivity contribution in [2.75, 3.05) is 24.2 Å². The number of nitrogens with zero attached hydrogens (tertiary/aromatic N) is 1. The molecule has 0 saturated carbocycles. The Morgan fingerprint density at radius 1 is 1.33 bits per heavy atom. The second-order valence-electron chi connectivity index (χ2n) is 2.98. The number of nitrogens with one attached hydrogen (secondary N) is 2. The topological polar surface area (TPSA) is 71.1 Å². The highest BCUT2D eigenvalue weighted by Gasteiger charge is 2.06. The summed E-state index contributed by atoms with van der Waals surface area (Å²) in [7, 11) is -3.13. The smallest absolute Gasteiger partial charge is 0.213 e. The van der Waals surface area contributed by atoms with Gasteiger partial charge in [-0.15, -0.1) is 0 Å². The van der Waals surface area contributed by atoms with E-state index in [2.05, 4.69) is 15.0 Å². The number of hydrogen-bond acceptors (Lipinski definition) is 4. The Balaban J connectivity index is 2.34. The first-order valence-electron chi connectivity index (χ1n) is 4.75. The molecule has 0 unspecified atom stereocenters. The fourth-order valence-corrected chi connectivity index (χ4v) is 2.05. The third kappa shape index (κ3) is 4.75. The fourth-order valence-electron chi connectivity index (χ4n) is 1.09. The molecule has 0 aliphatic rings. The van der Waals surface area contributed by atoms with E-state index in [4.69, 9.17) is 0 Å². The van der Waals surface area contributed by atoms with Crippen LogP contribution in [0.4, 0.5) is 5.69 Å². The van der Waals surface area contributed by atoms with Crippen LogP contribution >= 0.6 is 0 Å². The average molecular weight is 229 g/mol. The van der Waals surface area contributed by atoms with Crippen molar-refractivity contribution < 1.29 is 8.42 Å². The lowest BCUT2D eigenvalue weighted by Crippen LogP contribution is -2.29. The largest absolute Gasteiger partial charge is 0.384 e. The van der Waals surface area contributed by atoms with E-state index >= 15 is 0 Å². The van der Waals surface area contributed by atoms with Crippen LogP contribution in [0.2, 0.25) is 0 Å². The van der Waals surface area contributed by atoms with Gasteiger partial charge in [0, 0.05) is 31.2 Å². The minimum Gasteiger partial charge on any atom is -0.384 e. The Kier molecular flexibility index (Phi) is 4.51. The van der Waals surface area contributed by atoms with Crippen LogP contribution in [0.3, 0.4) is 0 Å². The van der Waals surface area contributed by atoms with E-state index in [1.165, 1.54) is 0 Å². The zero-order valence-corrected chi connectivity index (χ0v) is 9.42. The molecule has 0 aromatic carbocycles. The summed E-state index contributed by atoms with van der Waals surface area (Å²) in [5, 5.41) is 3.00. The first-order valence-corrected chi connectivity index (χ1v) is 6.40. The van der Waals surface area contributed by atoms with Crippen molar-refractivity contribution in [3.05, 3.63) is 24.5 Å². The van der Waals surface area contributed by atoms with Crippen molar-refractivity contribution >= 4 is 15.7 Å². The number of sulfonamides is 1. The monoisotopic (exact) mass is 229 g/mol. The summed E-state index contributed by atoms with van der Waals surface area (Å²) in [6.45, 7) is 2.57. The van der Waals surface area contributed by atoms with Gasteiger partial charge in [0.15, 0.2) is 0 Å². The molecule has 0 fully saturated rings. The molecular formula is C9H15N3O2S. The molecule has 1 aromatic heterocycles. The highest BCUT2D eigenvalue weighted by molar-refractivity contribution is 7.89. The summed E-state index contributed by atoms with van der Waals surface area (Å²) in [6.07, 6.45) is 3.31. The molecule has 0 saturated heterocycles. The summed E-state index contributed by atoms with van der Waals surface area (Å²) in [5.74, 6) is 0.0726. The predicted octanol–water partition coefficient (Wildman–Crippen LogP) is 0.433. The Morgan fingerprint density at radius 2 is 2.00 bits per heavy atom. The summed E-state index contributed by atoms with van der Waals surface area (Å²) >= 11 is 0. The van der Waals surface area contributed by atoms with E-state index in [1.54, 1.807) is 31.5 Å². The van der Waals surface area contributed by atoms with Crippen molar-refractivity contribution in [1.82, 2.24) is 9.71 Å². The molecule has 84 valence electrons. The van der Waals surface area contributed by atoms with Gasteiger partial charge in [0.1, 0.15) is 0 Å². The van der Waals surface area contributed by atoms with Gasteiger partial charge in [-0.25, -0.2) is 13.1 Å². The molecule has 0 atom stereocenters. The van der Waals surface area contributed by atoms with E-state index in [1.807, 2.05) is 0 Å². The Labute approximate surface area is 90.0 Å². The SMILES string of the molecule is CCNS(=O)(=O)CCNc1ccncc1. The highest BCUT2D eigenvalue weighted by atomic mass is 32.2. The van der Waals surface area contributed by atoms with Crippen LogP contribution in [-0.4, -0.2) is 32.2 Å². The Bertz CT molecular complexity index is 378. The van der Waals surface area contributed by atoms with Crippen LogP contribution in [0.5, 0.6) is 0 Å². The van der Waals surface area contributed by atoms with Crippen molar-refractivity contribution in [2.45, 2.75) is 6.92 Å². The van der Waals surface area contributed by atoms with Gasteiger partial charge in [0.2, 0.25) is 10.0 Å². The second-order valence-corrected chi connectivity index (χ2v) is 4.91.